The van der Waals surface area contributed by atoms with Crippen molar-refractivity contribution in [3.63, 3.8) is 0 Å². The number of aryl methyl sites for hydroxylation is 1. The van der Waals surface area contributed by atoms with Crippen molar-refractivity contribution in [2.45, 2.75) is 51.0 Å². The Labute approximate surface area is 152 Å². The molecule has 1 atom stereocenters. The molecule has 7 heteroatoms. The third kappa shape index (κ3) is 4.06. The van der Waals surface area contributed by atoms with Crippen molar-refractivity contribution in [3.05, 3.63) is 35.2 Å². The number of halogens is 1. The number of hydrogen-bond donors (Lipinski definition) is 0. The second-order valence-electron chi connectivity index (χ2n) is 7.18. The van der Waals surface area contributed by atoms with Crippen molar-refractivity contribution in [3.8, 4) is 0 Å². The van der Waals surface area contributed by atoms with Crippen molar-refractivity contribution in [2.24, 2.45) is 5.92 Å². The molecule has 2 aromatic rings. The molecule has 0 spiro atoms. The van der Waals surface area contributed by atoms with E-state index in [1.54, 1.807) is 6.07 Å². The van der Waals surface area contributed by atoms with Crippen molar-refractivity contribution >= 4 is 17.5 Å². The number of carbonyl (C=O) groups excluding carboxylic acids is 1. The molecule has 0 unspecified atom stereocenters. The lowest BCUT2D eigenvalue weighted by Crippen LogP contribution is -2.39. The van der Waals surface area contributed by atoms with Gasteiger partial charge in [0.2, 0.25) is 5.91 Å². The molecule has 0 radical (unpaired) electrons. The van der Waals surface area contributed by atoms with Crippen molar-refractivity contribution in [1.29, 1.82) is 0 Å². The molecule has 0 bridgehead atoms. The minimum Gasteiger partial charge on any atom is -0.360 e. The molecular weight excluding hydrogens is 340 g/mol. The fraction of sp³-hybridized carbons (Fsp3) is 0.611. The van der Waals surface area contributed by atoms with E-state index in [1.807, 2.05) is 11.1 Å². The first-order valence-corrected chi connectivity index (χ1v) is 9.46. The second kappa shape index (κ2) is 7.20. The van der Waals surface area contributed by atoms with E-state index in [2.05, 4.69) is 20.9 Å². The van der Waals surface area contributed by atoms with E-state index in [4.69, 9.17) is 16.1 Å². The Bertz CT molecular complexity index is 737. The van der Waals surface area contributed by atoms with E-state index in [-0.39, 0.29) is 5.91 Å². The summed E-state index contributed by atoms with van der Waals surface area (Å²) in [5.74, 6) is 3.13. The third-order valence-electron chi connectivity index (χ3n) is 5.15. The third-order valence-corrected chi connectivity index (χ3v) is 5.33. The summed E-state index contributed by atoms with van der Waals surface area (Å²) in [5.41, 5.74) is 0. The largest absolute Gasteiger partial charge is 0.360 e. The molecule has 0 N–H and O–H groups in total. The van der Waals surface area contributed by atoms with Crippen LogP contribution >= 0.6 is 11.6 Å². The van der Waals surface area contributed by atoms with Crippen molar-refractivity contribution < 1.29 is 9.32 Å². The van der Waals surface area contributed by atoms with Crippen LogP contribution < -0.4 is 0 Å². The lowest BCUT2D eigenvalue weighted by molar-refractivity contribution is -0.132. The zero-order valence-electron chi connectivity index (χ0n) is 14.2. The first kappa shape index (κ1) is 16.6. The van der Waals surface area contributed by atoms with Gasteiger partial charge in [0.1, 0.15) is 11.6 Å². The Morgan fingerprint density at radius 3 is 3.00 bits per heavy atom. The highest BCUT2D eigenvalue weighted by Crippen LogP contribution is 2.33. The van der Waals surface area contributed by atoms with Gasteiger partial charge < -0.3 is 14.0 Å². The van der Waals surface area contributed by atoms with Gasteiger partial charge in [-0.1, -0.05) is 16.8 Å². The zero-order chi connectivity index (χ0) is 17.2. The highest BCUT2D eigenvalue weighted by atomic mass is 35.5. The van der Waals surface area contributed by atoms with Crippen LogP contribution in [0, 0.1) is 5.92 Å². The van der Waals surface area contributed by atoms with Gasteiger partial charge in [0.25, 0.3) is 0 Å². The number of piperidine rings is 1. The van der Waals surface area contributed by atoms with Gasteiger partial charge in [0.15, 0.2) is 5.15 Å². The summed E-state index contributed by atoms with van der Waals surface area (Å²) in [5, 5.41) is 3.98. The highest BCUT2D eigenvalue weighted by Gasteiger charge is 2.29. The molecule has 3 heterocycles. The molecular formula is C18H23ClN4O2. The fourth-order valence-electron chi connectivity index (χ4n) is 3.62. The summed E-state index contributed by atoms with van der Waals surface area (Å²) in [6.07, 6.45) is 9.74. The SMILES string of the molecule is O=C(CCc1cc(Cl)no1)N1CCC[C@H](c2nccn2CC2CC2)C1. The van der Waals surface area contributed by atoms with Crippen molar-refractivity contribution in [1.82, 2.24) is 19.6 Å². The maximum Gasteiger partial charge on any atom is 0.223 e. The first-order valence-electron chi connectivity index (χ1n) is 9.09. The van der Waals surface area contributed by atoms with Crippen LogP contribution in [-0.4, -0.2) is 38.6 Å². The Morgan fingerprint density at radius 1 is 1.36 bits per heavy atom. The molecule has 1 amide bonds. The quantitative estimate of drug-likeness (QED) is 0.791. The Balaban J connectivity index is 1.35. The number of amides is 1. The van der Waals surface area contributed by atoms with Gasteiger partial charge in [-0.3, -0.25) is 4.79 Å². The van der Waals surface area contributed by atoms with Crippen LogP contribution in [-0.2, 0) is 17.8 Å². The number of aromatic nitrogens is 3. The first-order chi connectivity index (χ1) is 12.2. The van der Waals surface area contributed by atoms with Crippen LogP contribution in [0.3, 0.4) is 0 Å². The summed E-state index contributed by atoms with van der Waals surface area (Å²) >= 11 is 5.75. The highest BCUT2D eigenvalue weighted by molar-refractivity contribution is 6.29. The van der Waals surface area contributed by atoms with E-state index >= 15 is 0 Å². The number of nitrogens with zero attached hydrogens (tertiary/aromatic N) is 4. The molecule has 0 aromatic carbocycles. The van der Waals surface area contributed by atoms with Crippen LogP contribution in [0.15, 0.2) is 23.0 Å². The molecule has 1 aliphatic carbocycles. The van der Waals surface area contributed by atoms with E-state index in [0.29, 0.717) is 29.7 Å². The van der Waals surface area contributed by atoms with Gasteiger partial charge in [-0.15, -0.1) is 0 Å². The number of rotatable bonds is 6. The maximum atomic E-state index is 12.6. The van der Waals surface area contributed by atoms with Crippen LogP contribution in [0.25, 0.3) is 0 Å². The number of imidazole rings is 1. The molecule has 4 rings (SSSR count). The van der Waals surface area contributed by atoms with Gasteiger partial charge >= 0.3 is 0 Å². The molecule has 134 valence electrons. The summed E-state index contributed by atoms with van der Waals surface area (Å²) < 4.78 is 7.37. The summed E-state index contributed by atoms with van der Waals surface area (Å²) in [6, 6.07) is 1.67. The number of carbonyl (C=O) groups is 1. The predicted molar refractivity (Wildman–Crippen MR) is 93.3 cm³/mol. The fourth-order valence-corrected chi connectivity index (χ4v) is 3.78. The molecule has 2 aromatic heterocycles. The minimum atomic E-state index is 0.164. The number of hydrogen-bond acceptors (Lipinski definition) is 4. The average molecular weight is 363 g/mol. The lowest BCUT2D eigenvalue weighted by Gasteiger charge is -2.32. The van der Waals surface area contributed by atoms with Crippen LogP contribution in [0.1, 0.15) is 49.6 Å². The Morgan fingerprint density at radius 2 is 2.24 bits per heavy atom. The van der Waals surface area contributed by atoms with Gasteiger partial charge in [0.05, 0.1) is 0 Å². The van der Waals surface area contributed by atoms with E-state index in [1.165, 1.54) is 12.8 Å². The van der Waals surface area contributed by atoms with Gasteiger partial charge in [0, 0.05) is 56.9 Å². The zero-order valence-corrected chi connectivity index (χ0v) is 15.0. The summed E-state index contributed by atoms with van der Waals surface area (Å²) in [7, 11) is 0. The van der Waals surface area contributed by atoms with Crippen LogP contribution in [0.4, 0.5) is 0 Å². The Hall–Kier alpha value is -1.82. The molecule has 2 aliphatic rings. The standard InChI is InChI=1S/C18H23ClN4O2/c19-16-10-15(25-21-16)5-6-17(24)22-8-1-2-14(12-22)18-20-7-9-23(18)11-13-3-4-13/h7,9-10,13-14H,1-6,8,11-12H2/t14-/m0/s1. The lowest BCUT2D eigenvalue weighted by atomic mass is 9.96. The molecule has 25 heavy (non-hydrogen) atoms. The van der Waals surface area contributed by atoms with Gasteiger partial charge in [-0.25, -0.2) is 4.98 Å². The summed E-state index contributed by atoms with van der Waals surface area (Å²) in [4.78, 5) is 19.1. The van der Waals surface area contributed by atoms with Crippen molar-refractivity contribution in [2.75, 3.05) is 13.1 Å². The average Bonchev–Trinajstić information content (AvgIpc) is 3.14. The monoisotopic (exact) mass is 362 g/mol. The molecule has 1 saturated carbocycles. The topological polar surface area (TPSA) is 64.2 Å². The maximum absolute atomic E-state index is 12.6. The van der Waals surface area contributed by atoms with E-state index < -0.39 is 0 Å². The molecule has 2 fully saturated rings. The minimum absolute atomic E-state index is 0.164. The molecule has 1 aliphatic heterocycles. The molecule has 6 nitrogen and oxygen atoms in total. The second-order valence-corrected chi connectivity index (χ2v) is 7.56. The van der Waals surface area contributed by atoms with E-state index in [9.17, 15) is 4.79 Å². The van der Waals surface area contributed by atoms with Crippen LogP contribution in [0.2, 0.25) is 5.15 Å². The predicted octanol–water partition coefficient (Wildman–Crippen LogP) is 3.27. The Kier molecular flexibility index (Phi) is 4.79. The van der Waals surface area contributed by atoms with Gasteiger partial charge in [-0.2, -0.15) is 0 Å². The van der Waals surface area contributed by atoms with Gasteiger partial charge in [-0.05, 0) is 31.6 Å². The smallest absolute Gasteiger partial charge is 0.223 e. The van der Waals surface area contributed by atoms with Crippen LogP contribution in [0.5, 0.6) is 0 Å². The molecule has 1 saturated heterocycles. The summed E-state index contributed by atoms with van der Waals surface area (Å²) in [6.45, 7) is 2.67. The van der Waals surface area contributed by atoms with E-state index in [0.717, 1.165) is 44.2 Å². The number of likely N-dealkylation sites (tertiary alicyclic amines) is 1. The normalized spacial score (nSPS) is 20.8.